The van der Waals surface area contributed by atoms with Crippen LogP contribution in [0.4, 0.5) is 5.69 Å². The van der Waals surface area contributed by atoms with Crippen LogP contribution in [0.25, 0.3) is 0 Å². The van der Waals surface area contributed by atoms with Crippen LogP contribution >= 0.6 is 0 Å². The fraction of sp³-hybridized carbons (Fsp3) is 0.346. The van der Waals surface area contributed by atoms with Gasteiger partial charge in [-0.2, -0.15) is 0 Å². The van der Waals surface area contributed by atoms with Crippen molar-refractivity contribution in [3.8, 4) is 11.5 Å². The van der Waals surface area contributed by atoms with Crippen molar-refractivity contribution in [3.05, 3.63) is 65.4 Å². The molecule has 1 amide bonds. The number of benzene rings is 2. The molecule has 2 aromatic rings. The Morgan fingerprint density at radius 2 is 1.81 bits per heavy atom. The molecule has 6 nitrogen and oxygen atoms in total. The lowest BCUT2D eigenvalue weighted by Gasteiger charge is -2.39. The molecule has 3 aliphatic rings. The average molecular weight is 431 g/mol. The molecule has 2 aliphatic heterocycles. The summed E-state index contributed by atoms with van der Waals surface area (Å²) >= 11 is 0. The summed E-state index contributed by atoms with van der Waals surface area (Å²) in [7, 11) is 0. The zero-order chi connectivity index (χ0) is 22.5. The maximum atomic E-state index is 13.5. The van der Waals surface area contributed by atoms with Gasteiger partial charge in [0.15, 0.2) is 17.3 Å². The molecular weight excluding hydrogens is 404 g/mol. The van der Waals surface area contributed by atoms with E-state index in [1.165, 1.54) is 0 Å². The van der Waals surface area contributed by atoms with Crippen molar-refractivity contribution in [1.82, 2.24) is 0 Å². The summed E-state index contributed by atoms with van der Waals surface area (Å²) < 4.78 is 11.1. The fourth-order valence-electron chi connectivity index (χ4n) is 4.99. The van der Waals surface area contributed by atoms with Crippen LogP contribution in [0.15, 0.2) is 64.8 Å². The molecule has 2 heterocycles. The largest absolute Gasteiger partial charge is 0.454 e. The van der Waals surface area contributed by atoms with Gasteiger partial charge in [-0.3, -0.25) is 14.6 Å². The van der Waals surface area contributed by atoms with Crippen LogP contribution in [0.5, 0.6) is 11.5 Å². The summed E-state index contributed by atoms with van der Waals surface area (Å²) in [6.45, 7) is 6.22. The van der Waals surface area contributed by atoms with Gasteiger partial charge < -0.3 is 14.8 Å². The Morgan fingerprint density at radius 1 is 1.06 bits per heavy atom. The monoisotopic (exact) mass is 430 g/mol. The molecule has 6 heteroatoms. The van der Waals surface area contributed by atoms with Crippen molar-refractivity contribution < 1.29 is 19.1 Å². The van der Waals surface area contributed by atoms with Crippen molar-refractivity contribution >= 4 is 23.1 Å². The van der Waals surface area contributed by atoms with Crippen LogP contribution in [0.3, 0.4) is 0 Å². The van der Waals surface area contributed by atoms with Crippen LogP contribution in [0.1, 0.15) is 45.1 Å². The Bertz CT molecular complexity index is 1160. The zero-order valence-corrected chi connectivity index (χ0v) is 18.5. The first-order valence-corrected chi connectivity index (χ1v) is 10.9. The quantitative estimate of drug-likeness (QED) is 0.754. The van der Waals surface area contributed by atoms with E-state index in [0.717, 1.165) is 11.3 Å². The molecule has 0 saturated heterocycles. The smallest absolute Gasteiger partial charge is 0.234 e. The number of nitrogens with zero attached hydrogens (tertiary/aromatic N) is 1. The number of rotatable bonds is 3. The Morgan fingerprint density at radius 3 is 2.59 bits per heavy atom. The van der Waals surface area contributed by atoms with E-state index in [-0.39, 0.29) is 23.9 Å². The molecule has 32 heavy (non-hydrogen) atoms. The van der Waals surface area contributed by atoms with Gasteiger partial charge in [0.05, 0.1) is 5.92 Å². The fourth-order valence-corrected chi connectivity index (χ4v) is 4.99. The summed E-state index contributed by atoms with van der Waals surface area (Å²) in [4.78, 5) is 31.7. The number of ether oxygens (including phenoxy) is 2. The summed E-state index contributed by atoms with van der Waals surface area (Å²) in [5, 5.41) is 3.01. The third kappa shape index (κ3) is 3.60. The number of hydrogen-bond donors (Lipinski definition) is 1. The normalized spacial score (nSPS) is 23.5. The number of allylic oxidation sites excluding steroid dienone is 2. The number of anilines is 1. The van der Waals surface area contributed by atoms with E-state index in [0.29, 0.717) is 41.3 Å². The van der Waals surface area contributed by atoms with Gasteiger partial charge in [-0.15, -0.1) is 0 Å². The van der Waals surface area contributed by atoms with E-state index in [1.54, 1.807) is 0 Å². The molecule has 0 spiro atoms. The molecule has 1 N–H and O–H groups in total. The average Bonchev–Trinajstić information content (AvgIpc) is 3.20. The summed E-state index contributed by atoms with van der Waals surface area (Å²) in [6, 6.07) is 15.0. The molecule has 5 rings (SSSR count). The number of aliphatic imine (C=N–C) groups is 1. The lowest BCUT2D eigenvalue weighted by atomic mass is 9.66. The summed E-state index contributed by atoms with van der Waals surface area (Å²) in [6.07, 6.45) is 1.15. The number of para-hydroxylation sites is 1. The van der Waals surface area contributed by atoms with Gasteiger partial charge in [0.25, 0.3) is 0 Å². The lowest BCUT2D eigenvalue weighted by Crippen LogP contribution is -2.41. The van der Waals surface area contributed by atoms with Gasteiger partial charge in [-0.25, -0.2) is 0 Å². The van der Waals surface area contributed by atoms with Crippen molar-refractivity contribution in [2.45, 2.75) is 39.5 Å². The number of hydrogen-bond acceptors (Lipinski definition) is 5. The highest BCUT2D eigenvalue weighted by Crippen LogP contribution is 2.49. The van der Waals surface area contributed by atoms with Crippen molar-refractivity contribution in [2.75, 3.05) is 12.1 Å². The summed E-state index contributed by atoms with van der Waals surface area (Å²) in [5.74, 6) is 0.168. The SMILES string of the molecule is CC1=NC2=C(C(=O)CC(C)(C)C2)[C@@H](c2ccc3c(c2)OCO3)C1C(=O)Nc1ccccc1. The van der Waals surface area contributed by atoms with E-state index in [2.05, 4.69) is 19.2 Å². The van der Waals surface area contributed by atoms with Crippen LogP contribution in [0, 0.1) is 11.3 Å². The van der Waals surface area contributed by atoms with Gasteiger partial charge in [-0.05, 0) is 48.6 Å². The highest BCUT2D eigenvalue weighted by molar-refractivity contribution is 6.13. The number of carbonyl (C=O) groups is 2. The van der Waals surface area contributed by atoms with Gasteiger partial charge in [0, 0.05) is 35.0 Å². The van der Waals surface area contributed by atoms with Crippen LogP contribution in [0.2, 0.25) is 0 Å². The minimum atomic E-state index is -0.598. The van der Waals surface area contributed by atoms with Gasteiger partial charge >= 0.3 is 0 Å². The molecule has 0 radical (unpaired) electrons. The van der Waals surface area contributed by atoms with E-state index >= 15 is 0 Å². The minimum absolute atomic E-state index is 0.0627. The third-order valence-corrected chi connectivity index (χ3v) is 6.38. The molecule has 0 bridgehead atoms. The maximum absolute atomic E-state index is 13.5. The Hall–Kier alpha value is -3.41. The van der Waals surface area contributed by atoms with E-state index in [9.17, 15) is 9.59 Å². The molecule has 164 valence electrons. The number of fused-ring (bicyclic) bond motifs is 1. The second-order valence-electron chi connectivity index (χ2n) is 9.48. The lowest BCUT2D eigenvalue weighted by molar-refractivity contribution is -0.119. The first-order valence-electron chi connectivity index (χ1n) is 10.9. The molecule has 2 aromatic carbocycles. The summed E-state index contributed by atoms with van der Waals surface area (Å²) in [5.41, 5.74) is 3.59. The second kappa shape index (κ2) is 7.62. The Labute approximate surface area is 187 Å². The third-order valence-electron chi connectivity index (χ3n) is 6.38. The number of amides is 1. The Kier molecular flexibility index (Phi) is 4.88. The van der Waals surface area contributed by atoms with E-state index < -0.39 is 11.8 Å². The molecule has 0 fully saturated rings. The van der Waals surface area contributed by atoms with Gasteiger partial charge in [0.1, 0.15) is 0 Å². The molecular formula is C26H26N2O4. The Balaban J connectivity index is 1.61. The number of nitrogens with one attached hydrogen (secondary N) is 1. The number of Topliss-reactive ketones (excluding diaryl/α,β-unsaturated/α-hetero) is 1. The zero-order valence-electron chi connectivity index (χ0n) is 18.5. The van der Waals surface area contributed by atoms with E-state index in [1.807, 2.05) is 55.5 Å². The molecule has 1 aliphatic carbocycles. The number of ketones is 1. The first-order chi connectivity index (χ1) is 15.3. The second-order valence-corrected chi connectivity index (χ2v) is 9.48. The van der Waals surface area contributed by atoms with Crippen LogP contribution in [-0.2, 0) is 9.59 Å². The first kappa shape index (κ1) is 20.5. The minimum Gasteiger partial charge on any atom is -0.454 e. The molecule has 0 aromatic heterocycles. The van der Waals surface area contributed by atoms with Crippen LogP contribution < -0.4 is 14.8 Å². The molecule has 1 unspecified atom stereocenters. The predicted molar refractivity (Wildman–Crippen MR) is 122 cm³/mol. The maximum Gasteiger partial charge on any atom is 0.234 e. The predicted octanol–water partition coefficient (Wildman–Crippen LogP) is 4.87. The van der Waals surface area contributed by atoms with Crippen LogP contribution in [-0.4, -0.2) is 24.2 Å². The molecule has 2 atom stereocenters. The van der Waals surface area contributed by atoms with Crippen molar-refractivity contribution in [2.24, 2.45) is 16.3 Å². The molecule has 0 saturated carbocycles. The van der Waals surface area contributed by atoms with Gasteiger partial charge in [-0.1, -0.05) is 38.1 Å². The van der Waals surface area contributed by atoms with Gasteiger partial charge in [0.2, 0.25) is 12.7 Å². The number of carbonyl (C=O) groups excluding carboxylic acids is 2. The highest BCUT2D eigenvalue weighted by Gasteiger charge is 2.45. The van der Waals surface area contributed by atoms with Crippen molar-refractivity contribution in [3.63, 3.8) is 0 Å². The van der Waals surface area contributed by atoms with Crippen molar-refractivity contribution in [1.29, 1.82) is 0 Å². The topological polar surface area (TPSA) is 77.0 Å². The standard InChI is InChI=1S/C26H26N2O4/c1-15-22(25(30)28-17-7-5-4-6-8-17)23(16-9-10-20-21(11-16)32-14-31-20)24-18(27-15)12-26(2,3)13-19(24)29/h4-11,22-23H,12-14H2,1-3H3,(H,28,30)/t22?,23-/m0/s1. The van der Waals surface area contributed by atoms with E-state index in [4.69, 9.17) is 14.5 Å². The highest BCUT2D eigenvalue weighted by atomic mass is 16.7.